The van der Waals surface area contributed by atoms with Crippen LogP contribution in [0, 0.1) is 6.92 Å². The summed E-state index contributed by atoms with van der Waals surface area (Å²) in [6.07, 6.45) is 5.09. The number of carbonyl (C=O) groups excluding carboxylic acids is 1. The van der Waals surface area contributed by atoms with E-state index in [1.54, 1.807) is 0 Å². The predicted octanol–water partition coefficient (Wildman–Crippen LogP) is 1.29. The monoisotopic (exact) mass is 307 g/mol. The van der Waals surface area contributed by atoms with Crippen LogP contribution < -0.4 is 5.32 Å². The van der Waals surface area contributed by atoms with E-state index in [1.165, 1.54) is 12.8 Å². The van der Waals surface area contributed by atoms with Crippen molar-refractivity contribution >= 4 is 5.91 Å². The standard InChI is InChI=1S/C16H25N3O3/c1-12-9-15(22-18-12)10-16(20)17-13-4-6-19(7-5-13)11-14-3-2-8-21-14/h9,13-14H,2-8,10-11H2,1H3,(H,17,20)/t14-/m0/s1. The van der Waals surface area contributed by atoms with Gasteiger partial charge in [0.15, 0.2) is 0 Å². The summed E-state index contributed by atoms with van der Waals surface area (Å²) in [5.41, 5.74) is 0.810. The molecule has 1 aromatic rings. The van der Waals surface area contributed by atoms with Crippen LogP contribution in [0.1, 0.15) is 37.1 Å². The molecule has 2 aliphatic rings. The predicted molar refractivity (Wildman–Crippen MR) is 81.5 cm³/mol. The van der Waals surface area contributed by atoms with Gasteiger partial charge in [-0.05, 0) is 32.6 Å². The van der Waals surface area contributed by atoms with Gasteiger partial charge in [0.2, 0.25) is 5.91 Å². The van der Waals surface area contributed by atoms with Crippen molar-refractivity contribution in [2.75, 3.05) is 26.2 Å². The van der Waals surface area contributed by atoms with Crippen molar-refractivity contribution in [3.05, 3.63) is 17.5 Å². The number of ether oxygens (including phenoxy) is 1. The number of likely N-dealkylation sites (tertiary alicyclic amines) is 1. The molecular weight excluding hydrogens is 282 g/mol. The van der Waals surface area contributed by atoms with Crippen molar-refractivity contribution in [1.29, 1.82) is 0 Å². The van der Waals surface area contributed by atoms with Gasteiger partial charge in [-0.1, -0.05) is 5.16 Å². The Bertz CT molecular complexity index is 489. The van der Waals surface area contributed by atoms with E-state index in [0.717, 1.165) is 44.8 Å². The molecule has 3 heterocycles. The van der Waals surface area contributed by atoms with Crippen molar-refractivity contribution in [2.24, 2.45) is 0 Å². The Hall–Kier alpha value is -1.40. The number of hydrogen-bond acceptors (Lipinski definition) is 5. The summed E-state index contributed by atoms with van der Waals surface area (Å²) in [5, 5.41) is 6.91. The first-order valence-corrected chi connectivity index (χ1v) is 8.24. The summed E-state index contributed by atoms with van der Waals surface area (Å²) in [6, 6.07) is 2.08. The summed E-state index contributed by atoms with van der Waals surface area (Å²) in [6.45, 7) is 5.88. The number of aromatic nitrogens is 1. The Labute approximate surface area is 131 Å². The quantitative estimate of drug-likeness (QED) is 0.888. The van der Waals surface area contributed by atoms with Gasteiger partial charge < -0.3 is 19.5 Å². The molecular formula is C16H25N3O3. The Morgan fingerprint density at radius 2 is 2.23 bits per heavy atom. The average Bonchev–Trinajstić information content (AvgIpc) is 3.13. The second-order valence-corrected chi connectivity index (χ2v) is 6.39. The third-order valence-electron chi connectivity index (χ3n) is 4.45. The molecule has 0 bridgehead atoms. The lowest BCUT2D eigenvalue weighted by molar-refractivity contribution is -0.121. The summed E-state index contributed by atoms with van der Waals surface area (Å²) in [7, 11) is 0. The molecule has 1 amide bonds. The lowest BCUT2D eigenvalue weighted by Crippen LogP contribution is -2.46. The van der Waals surface area contributed by atoms with Crippen molar-refractivity contribution in [3.63, 3.8) is 0 Å². The summed E-state index contributed by atoms with van der Waals surface area (Å²) in [5.74, 6) is 0.652. The second kappa shape index (κ2) is 7.24. The molecule has 0 unspecified atom stereocenters. The summed E-state index contributed by atoms with van der Waals surface area (Å²) >= 11 is 0. The zero-order chi connectivity index (χ0) is 15.4. The minimum Gasteiger partial charge on any atom is -0.377 e. The minimum absolute atomic E-state index is 0.0220. The molecule has 0 spiro atoms. The SMILES string of the molecule is Cc1cc(CC(=O)NC2CCN(C[C@@H]3CCCO3)CC2)on1. The third-order valence-corrected chi connectivity index (χ3v) is 4.45. The lowest BCUT2D eigenvalue weighted by Gasteiger charge is -2.33. The molecule has 22 heavy (non-hydrogen) atoms. The van der Waals surface area contributed by atoms with E-state index in [4.69, 9.17) is 9.26 Å². The van der Waals surface area contributed by atoms with Gasteiger partial charge in [0, 0.05) is 38.3 Å². The van der Waals surface area contributed by atoms with Gasteiger partial charge >= 0.3 is 0 Å². The normalized spacial score (nSPS) is 23.8. The molecule has 3 rings (SSSR count). The minimum atomic E-state index is 0.0220. The molecule has 0 radical (unpaired) electrons. The van der Waals surface area contributed by atoms with E-state index in [2.05, 4.69) is 15.4 Å². The molecule has 1 N–H and O–H groups in total. The van der Waals surface area contributed by atoms with Crippen LogP contribution in [0.4, 0.5) is 0 Å². The van der Waals surface area contributed by atoms with E-state index < -0.39 is 0 Å². The molecule has 0 aliphatic carbocycles. The summed E-state index contributed by atoms with van der Waals surface area (Å²) in [4.78, 5) is 14.5. The highest BCUT2D eigenvalue weighted by molar-refractivity contribution is 5.78. The fraction of sp³-hybridized carbons (Fsp3) is 0.750. The Morgan fingerprint density at radius 1 is 1.41 bits per heavy atom. The van der Waals surface area contributed by atoms with Gasteiger partial charge in [0.25, 0.3) is 0 Å². The van der Waals surface area contributed by atoms with E-state index in [1.807, 2.05) is 13.0 Å². The van der Waals surface area contributed by atoms with E-state index in [0.29, 0.717) is 11.9 Å². The summed E-state index contributed by atoms with van der Waals surface area (Å²) < 4.78 is 10.8. The van der Waals surface area contributed by atoms with Crippen LogP contribution in [0.25, 0.3) is 0 Å². The smallest absolute Gasteiger partial charge is 0.227 e. The molecule has 6 nitrogen and oxygen atoms in total. The molecule has 0 saturated carbocycles. The number of amides is 1. The van der Waals surface area contributed by atoms with Crippen LogP contribution in [0.15, 0.2) is 10.6 Å². The Kier molecular flexibility index (Phi) is 5.10. The Morgan fingerprint density at radius 3 is 2.86 bits per heavy atom. The number of hydrogen-bond donors (Lipinski definition) is 1. The number of aryl methyl sites for hydroxylation is 1. The van der Waals surface area contributed by atoms with Crippen molar-refractivity contribution in [2.45, 2.75) is 51.2 Å². The van der Waals surface area contributed by atoms with E-state index in [9.17, 15) is 4.79 Å². The first-order chi connectivity index (χ1) is 10.7. The molecule has 6 heteroatoms. The van der Waals surface area contributed by atoms with Crippen LogP contribution >= 0.6 is 0 Å². The maximum atomic E-state index is 12.0. The lowest BCUT2D eigenvalue weighted by atomic mass is 10.0. The largest absolute Gasteiger partial charge is 0.377 e. The van der Waals surface area contributed by atoms with Gasteiger partial charge in [-0.15, -0.1) is 0 Å². The van der Waals surface area contributed by atoms with Gasteiger partial charge in [0.1, 0.15) is 5.76 Å². The van der Waals surface area contributed by atoms with Crippen molar-refractivity contribution < 1.29 is 14.1 Å². The fourth-order valence-corrected chi connectivity index (χ4v) is 3.27. The van der Waals surface area contributed by atoms with Crippen molar-refractivity contribution in [3.8, 4) is 0 Å². The number of nitrogens with one attached hydrogen (secondary N) is 1. The zero-order valence-electron chi connectivity index (χ0n) is 13.2. The molecule has 2 fully saturated rings. The maximum Gasteiger partial charge on any atom is 0.227 e. The van der Waals surface area contributed by atoms with Gasteiger partial charge in [-0.25, -0.2) is 0 Å². The second-order valence-electron chi connectivity index (χ2n) is 6.39. The van der Waals surface area contributed by atoms with Crippen LogP contribution in [-0.4, -0.2) is 54.4 Å². The van der Waals surface area contributed by atoms with Crippen LogP contribution in [-0.2, 0) is 16.0 Å². The van der Waals surface area contributed by atoms with E-state index >= 15 is 0 Å². The maximum absolute atomic E-state index is 12.0. The highest BCUT2D eigenvalue weighted by atomic mass is 16.5. The fourth-order valence-electron chi connectivity index (χ4n) is 3.27. The number of carbonyl (C=O) groups is 1. The third kappa shape index (κ3) is 4.30. The molecule has 2 aliphatic heterocycles. The van der Waals surface area contributed by atoms with Gasteiger partial charge in [-0.2, -0.15) is 0 Å². The first kappa shape index (κ1) is 15.5. The van der Waals surface area contributed by atoms with Crippen LogP contribution in [0.5, 0.6) is 0 Å². The molecule has 122 valence electrons. The number of nitrogens with zero attached hydrogens (tertiary/aromatic N) is 2. The van der Waals surface area contributed by atoms with Crippen molar-refractivity contribution in [1.82, 2.24) is 15.4 Å². The first-order valence-electron chi connectivity index (χ1n) is 8.24. The zero-order valence-corrected chi connectivity index (χ0v) is 13.2. The Balaban J connectivity index is 1.37. The molecule has 1 aromatic heterocycles. The molecule has 2 saturated heterocycles. The molecule has 0 aromatic carbocycles. The highest BCUT2D eigenvalue weighted by Gasteiger charge is 2.24. The molecule has 1 atom stereocenters. The number of piperidine rings is 1. The van der Waals surface area contributed by atoms with Gasteiger partial charge in [-0.3, -0.25) is 4.79 Å². The van der Waals surface area contributed by atoms with E-state index in [-0.39, 0.29) is 18.4 Å². The average molecular weight is 307 g/mol. The topological polar surface area (TPSA) is 67.6 Å². The van der Waals surface area contributed by atoms with Crippen LogP contribution in [0.3, 0.4) is 0 Å². The van der Waals surface area contributed by atoms with Crippen LogP contribution in [0.2, 0.25) is 0 Å². The number of rotatable bonds is 5. The van der Waals surface area contributed by atoms with Gasteiger partial charge in [0.05, 0.1) is 18.2 Å². The highest BCUT2D eigenvalue weighted by Crippen LogP contribution is 2.17.